The zero-order valence-electron chi connectivity index (χ0n) is 13.3. The molecule has 0 saturated carbocycles. The van der Waals surface area contributed by atoms with Gasteiger partial charge in [0.25, 0.3) is 0 Å². The van der Waals surface area contributed by atoms with Gasteiger partial charge in [0.1, 0.15) is 5.60 Å². The van der Waals surface area contributed by atoms with E-state index in [1.54, 1.807) is 6.07 Å². The first kappa shape index (κ1) is 19.0. The van der Waals surface area contributed by atoms with Gasteiger partial charge in [-0.05, 0) is 67.2 Å². The Bertz CT molecular complexity index is 567. The van der Waals surface area contributed by atoms with Crippen LogP contribution in [0.25, 0.3) is 0 Å². The standard InChI is InChI=1S/C16H21BrClNO3/c1-10(20)19-12-8-11(15(17)13(18)9-12)6-5-7-14(21)22-16(2,3)4/h8-9H,5-7H2,1-4H3,(H,19,20). The Labute approximate surface area is 144 Å². The number of carbonyl (C=O) groups is 2. The van der Waals surface area contributed by atoms with Crippen LogP contribution >= 0.6 is 27.5 Å². The second-order valence-corrected chi connectivity index (χ2v) is 7.25. The fourth-order valence-electron chi connectivity index (χ4n) is 1.92. The summed E-state index contributed by atoms with van der Waals surface area (Å²) in [5.41, 5.74) is 1.12. The maximum Gasteiger partial charge on any atom is 0.306 e. The molecule has 0 fully saturated rings. The Hall–Kier alpha value is -1.07. The molecule has 0 atom stereocenters. The van der Waals surface area contributed by atoms with Gasteiger partial charge in [0.2, 0.25) is 5.91 Å². The third-order valence-electron chi connectivity index (χ3n) is 2.67. The first-order valence-corrected chi connectivity index (χ1v) is 8.23. The van der Waals surface area contributed by atoms with Crippen LogP contribution in [0.5, 0.6) is 0 Å². The van der Waals surface area contributed by atoms with E-state index in [0.29, 0.717) is 30.0 Å². The van der Waals surface area contributed by atoms with E-state index in [2.05, 4.69) is 21.2 Å². The average Bonchev–Trinajstić information content (AvgIpc) is 2.32. The van der Waals surface area contributed by atoms with Crippen LogP contribution in [0.15, 0.2) is 16.6 Å². The minimum Gasteiger partial charge on any atom is -0.460 e. The smallest absolute Gasteiger partial charge is 0.306 e. The molecule has 0 saturated heterocycles. The molecule has 0 aromatic heterocycles. The van der Waals surface area contributed by atoms with Crippen LogP contribution < -0.4 is 5.32 Å². The lowest BCUT2D eigenvalue weighted by atomic mass is 10.1. The van der Waals surface area contributed by atoms with Gasteiger partial charge in [-0.1, -0.05) is 11.6 Å². The summed E-state index contributed by atoms with van der Waals surface area (Å²) in [5.74, 6) is -0.370. The van der Waals surface area contributed by atoms with Crippen LogP contribution in [0, 0.1) is 0 Å². The number of aryl methyl sites for hydroxylation is 1. The average molecular weight is 391 g/mol. The first-order valence-electron chi connectivity index (χ1n) is 7.06. The Morgan fingerprint density at radius 1 is 1.32 bits per heavy atom. The van der Waals surface area contributed by atoms with Crippen LogP contribution in [-0.2, 0) is 20.7 Å². The molecule has 1 aromatic carbocycles. The minimum atomic E-state index is -0.466. The first-order chi connectivity index (χ1) is 10.1. The summed E-state index contributed by atoms with van der Waals surface area (Å²) in [6.07, 6.45) is 1.64. The van der Waals surface area contributed by atoms with E-state index in [9.17, 15) is 9.59 Å². The molecule has 4 nitrogen and oxygen atoms in total. The number of ether oxygens (including phenoxy) is 1. The lowest BCUT2D eigenvalue weighted by Gasteiger charge is -2.19. The van der Waals surface area contributed by atoms with Crippen LogP contribution in [-0.4, -0.2) is 17.5 Å². The van der Waals surface area contributed by atoms with Crippen LogP contribution in [0.2, 0.25) is 5.02 Å². The zero-order chi connectivity index (χ0) is 16.9. The Kier molecular flexibility index (Phi) is 6.88. The molecule has 6 heteroatoms. The fourth-order valence-corrected chi connectivity index (χ4v) is 2.59. The van der Waals surface area contributed by atoms with Gasteiger partial charge in [0.05, 0.1) is 5.02 Å². The molecule has 0 aliphatic heterocycles. The van der Waals surface area contributed by atoms with E-state index in [1.807, 2.05) is 26.8 Å². The molecular weight excluding hydrogens is 370 g/mol. The van der Waals surface area contributed by atoms with E-state index in [4.69, 9.17) is 16.3 Å². The second-order valence-electron chi connectivity index (χ2n) is 6.05. The molecule has 0 bridgehead atoms. The Morgan fingerprint density at radius 2 is 1.95 bits per heavy atom. The number of hydrogen-bond donors (Lipinski definition) is 1. The van der Waals surface area contributed by atoms with E-state index in [1.165, 1.54) is 6.92 Å². The summed E-state index contributed by atoms with van der Waals surface area (Å²) in [5, 5.41) is 3.23. The zero-order valence-corrected chi connectivity index (χ0v) is 15.6. The number of amides is 1. The molecule has 1 rings (SSSR count). The molecule has 1 aromatic rings. The summed E-state index contributed by atoms with van der Waals surface area (Å²) < 4.78 is 6.06. The van der Waals surface area contributed by atoms with Crippen molar-refractivity contribution >= 4 is 45.1 Å². The van der Waals surface area contributed by atoms with Gasteiger partial charge in [0.15, 0.2) is 0 Å². The number of esters is 1. The van der Waals surface area contributed by atoms with Gasteiger partial charge in [-0.3, -0.25) is 9.59 Å². The molecule has 1 N–H and O–H groups in total. The molecule has 0 spiro atoms. The second kappa shape index (κ2) is 7.97. The van der Waals surface area contributed by atoms with Crippen molar-refractivity contribution in [1.82, 2.24) is 0 Å². The highest BCUT2D eigenvalue weighted by Gasteiger charge is 2.16. The molecular formula is C16H21BrClNO3. The molecule has 0 heterocycles. The lowest BCUT2D eigenvalue weighted by Crippen LogP contribution is -2.23. The maximum atomic E-state index is 11.7. The van der Waals surface area contributed by atoms with Crippen molar-refractivity contribution in [2.24, 2.45) is 0 Å². The van der Waals surface area contributed by atoms with Crippen molar-refractivity contribution in [3.63, 3.8) is 0 Å². The number of hydrogen-bond acceptors (Lipinski definition) is 3. The molecule has 1 amide bonds. The predicted octanol–water partition coefficient (Wildman–Crippen LogP) is 4.73. The van der Waals surface area contributed by atoms with Crippen LogP contribution in [0.1, 0.15) is 46.1 Å². The number of anilines is 1. The Balaban J connectivity index is 2.67. The normalized spacial score (nSPS) is 11.2. The van der Waals surface area contributed by atoms with Gasteiger partial charge in [-0.2, -0.15) is 0 Å². The molecule has 0 unspecified atom stereocenters. The number of halogens is 2. The third kappa shape index (κ3) is 6.79. The maximum absolute atomic E-state index is 11.7. The van der Waals surface area contributed by atoms with Gasteiger partial charge in [-0.25, -0.2) is 0 Å². The molecule has 22 heavy (non-hydrogen) atoms. The SMILES string of the molecule is CC(=O)Nc1cc(Cl)c(Br)c(CCCC(=O)OC(C)(C)C)c1. The highest BCUT2D eigenvalue weighted by molar-refractivity contribution is 9.10. The van der Waals surface area contributed by atoms with E-state index in [-0.39, 0.29) is 11.9 Å². The van der Waals surface area contributed by atoms with E-state index < -0.39 is 5.60 Å². The van der Waals surface area contributed by atoms with Crippen LogP contribution in [0.4, 0.5) is 5.69 Å². The van der Waals surface area contributed by atoms with Gasteiger partial charge < -0.3 is 10.1 Å². The summed E-state index contributed by atoms with van der Waals surface area (Å²) >= 11 is 9.58. The summed E-state index contributed by atoms with van der Waals surface area (Å²) in [4.78, 5) is 22.8. The van der Waals surface area contributed by atoms with E-state index >= 15 is 0 Å². The van der Waals surface area contributed by atoms with Crippen molar-refractivity contribution < 1.29 is 14.3 Å². The lowest BCUT2D eigenvalue weighted by molar-refractivity contribution is -0.154. The fraction of sp³-hybridized carbons (Fsp3) is 0.500. The summed E-state index contributed by atoms with van der Waals surface area (Å²) in [6, 6.07) is 3.54. The highest BCUT2D eigenvalue weighted by atomic mass is 79.9. The van der Waals surface area contributed by atoms with Crippen molar-refractivity contribution in [3.05, 3.63) is 27.2 Å². The monoisotopic (exact) mass is 389 g/mol. The van der Waals surface area contributed by atoms with Crippen molar-refractivity contribution in [2.45, 2.75) is 52.6 Å². The number of rotatable bonds is 5. The molecule has 0 aliphatic rings. The number of carbonyl (C=O) groups excluding carboxylic acids is 2. The largest absolute Gasteiger partial charge is 0.460 e. The number of benzene rings is 1. The number of nitrogens with one attached hydrogen (secondary N) is 1. The molecule has 0 aliphatic carbocycles. The minimum absolute atomic E-state index is 0.155. The van der Waals surface area contributed by atoms with Crippen molar-refractivity contribution in [1.29, 1.82) is 0 Å². The van der Waals surface area contributed by atoms with Crippen LogP contribution in [0.3, 0.4) is 0 Å². The summed E-state index contributed by atoms with van der Waals surface area (Å²) in [7, 11) is 0. The summed E-state index contributed by atoms with van der Waals surface area (Å²) in [6.45, 7) is 6.98. The van der Waals surface area contributed by atoms with E-state index in [0.717, 1.165) is 10.0 Å². The predicted molar refractivity (Wildman–Crippen MR) is 92.2 cm³/mol. The Morgan fingerprint density at radius 3 is 2.50 bits per heavy atom. The topological polar surface area (TPSA) is 55.4 Å². The highest BCUT2D eigenvalue weighted by Crippen LogP contribution is 2.31. The van der Waals surface area contributed by atoms with Crippen molar-refractivity contribution in [2.75, 3.05) is 5.32 Å². The molecule has 0 radical (unpaired) electrons. The van der Waals surface area contributed by atoms with Gasteiger partial charge >= 0.3 is 5.97 Å². The van der Waals surface area contributed by atoms with Crippen molar-refractivity contribution in [3.8, 4) is 0 Å². The quantitative estimate of drug-likeness (QED) is 0.740. The third-order valence-corrected chi connectivity index (χ3v) is 4.13. The van der Waals surface area contributed by atoms with Gasteiger partial charge in [-0.15, -0.1) is 0 Å². The molecule has 122 valence electrons. The van der Waals surface area contributed by atoms with Gasteiger partial charge in [0, 0.05) is 23.5 Å².